The van der Waals surface area contributed by atoms with Crippen LogP contribution in [0.1, 0.15) is 54.6 Å². The number of carbonyl (C=O) groups excluding carboxylic acids is 1. The Bertz CT molecular complexity index is 681. The molecule has 0 unspecified atom stereocenters. The minimum Gasteiger partial charge on any atom is -0.302 e. The van der Waals surface area contributed by atoms with Gasteiger partial charge >= 0.3 is 0 Å². The summed E-state index contributed by atoms with van der Waals surface area (Å²) in [4.78, 5) is 14.5. The van der Waals surface area contributed by atoms with E-state index in [1.807, 2.05) is 6.07 Å². The Morgan fingerprint density at radius 2 is 2.25 bits per heavy atom. The van der Waals surface area contributed by atoms with Crippen molar-refractivity contribution in [1.82, 2.24) is 25.3 Å². The molecular weight excluding hydrogens is 324 g/mol. The second kappa shape index (κ2) is 6.98. The summed E-state index contributed by atoms with van der Waals surface area (Å²) in [5.41, 5.74) is 1.20. The first-order valence-electron chi connectivity index (χ1n) is 8.63. The van der Waals surface area contributed by atoms with Crippen molar-refractivity contribution >= 4 is 22.4 Å². The molecule has 2 aliphatic rings. The summed E-state index contributed by atoms with van der Waals surface area (Å²) in [6, 6.07) is 2.05. The van der Waals surface area contributed by atoms with E-state index in [4.69, 9.17) is 0 Å². The molecule has 2 fully saturated rings. The molecule has 4 rings (SSSR count). The molecular formula is C16H22N6OS. The highest BCUT2D eigenvalue weighted by molar-refractivity contribution is 7.15. The third-order valence-corrected chi connectivity index (χ3v) is 5.74. The number of nitrogens with zero attached hydrogens (tertiary/aromatic N) is 4. The largest absolute Gasteiger partial charge is 0.302 e. The van der Waals surface area contributed by atoms with Crippen LogP contribution in [0.3, 0.4) is 0 Å². The van der Waals surface area contributed by atoms with Gasteiger partial charge in [0.1, 0.15) is 5.01 Å². The van der Waals surface area contributed by atoms with Gasteiger partial charge in [-0.25, -0.2) is 0 Å². The third kappa shape index (κ3) is 3.81. The number of nitrogens with one attached hydrogen (secondary N) is 2. The van der Waals surface area contributed by atoms with Crippen LogP contribution in [0.4, 0.5) is 5.13 Å². The fourth-order valence-corrected chi connectivity index (χ4v) is 4.16. The summed E-state index contributed by atoms with van der Waals surface area (Å²) in [5.74, 6) is 1.10. The Balaban J connectivity index is 1.24. The summed E-state index contributed by atoms with van der Waals surface area (Å²) in [5, 5.41) is 19.9. The van der Waals surface area contributed by atoms with Crippen molar-refractivity contribution in [1.29, 1.82) is 0 Å². The summed E-state index contributed by atoms with van der Waals surface area (Å²) in [6.45, 7) is 2.83. The first-order chi connectivity index (χ1) is 11.8. The molecule has 3 heterocycles. The highest BCUT2D eigenvalue weighted by Crippen LogP contribution is 2.42. The average molecular weight is 346 g/mol. The zero-order valence-electron chi connectivity index (χ0n) is 13.6. The molecule has 1 aliphatic carbocycles. The van der Waals surface area contributed by atoms with Crippen molar-refractivity contribution in [2.75, 3.05) is 25.0 Å². The molecule has 0 spiro atoms. The minimum absolute atomic E-state index is 0.0251. The maximum Gasteiger partial charge on any atom is 0.227 e. The topological polar surface area (TPSA) is 86.8 Å². The van der Waals surface area contributed by atoms with E-state index in [9.17, 15) is 4.79 Å². The number of rotatable bonds is 6. The van der Waals surface area contributed by atoms with Crippen LogP contribution in [0.2, 0.25) is 0 Å². The van der Waals surface area contributed by atoms with Gasteiger partial charge in [-0.1, -0.05) is 11.3 Å². The van der Waals surface area contributed by atoms with Crippen molar-refractivity contribution in [2.24, 2.45) is 0 Å². The summed E-state index contributed by atoms with van der Waals surface area (Å²) >= 11 is 1.51. The van der Waals surface area contributed by atoms with Crippen molar-refractivity contribution in [3.63, 3.8) is 0 Å². The molecule has 2 N–H and O–H groups in total. The van der Waals surface area contributed by atoms with Gasteiger partial charge in [-0.05, 0) is 38.3 Å². The molecule has 1 atom stereocenters. The monoisotopic (exact) mass is 346 g/mol. The van der Waals surface area contributed by atoms with Crippen molar-refractivity contribution < 1.29 is 4.79 Å². The highest BCUT2D eigenvalue weighted by Gasteiger charge is 2.28. The summed E-state index contributed by atoms with van der Waals surface area (Å²) < 4.78 is 0. The minimum atomic E-state index is 0.0251. The molecule has 1 aliphatic heterocycles. The van der Waals surface area contributed by atoms with E-state index >= 15 is 0 Å². The molecule has 1 saturated carbocycles. The van der Waals surface area contributed by atoms with E-state index in [-0.39, 0.29) is 5.91 Å². The van der Waals surface area contributed by atoms with Crippen LogP contribution < -0.4 is 5.32 Å². The molecule has 2 aromatic heterocycles. The first kappa shape index (κ1) is 15.7. The lowest BCUT2D eigenvalue weighted by Gasteiger charge is -2.31. The quantitative estimate of drug-likeness (QED) is 0.838. The maximum absolute atomic E-state index is 12.1. The molecule has 24 heavy (non-hydrogen) atoms. The van der Waals surface area contributed by atoms with Gasteiger partial charge in [-0.15, -0.1) is 10.2 Å². The fourth-order valence-electron chi connectivity index (χ4n) is 3.23. The zero-order valence-corrected chi connectivity index (χ0v) is 14.4. The number of hydrogen-bond acceptors (Lipinski definition) is 6. The van der Waals surface area contributed by atoms with Gasteiger partial charge in [0.25, 0.3) is 0 Å². The Labute approximate surface area is 144 Å². The smallest absolute Gasteiger partial charge is 0.227 e. The lowest BCUT2D eigenvalue weighted by molar-refractivity contribution is -0.116. The Morgan fingerprint density at radius 3 is 3.04 bits per heavy atom. The van der Waals surface area contributed by atoms with E-state index in [1.165, 1.54) is 36.3 Å². The van der Waals surface area contributed by atoms with Crippen LogP contribution in [0, 0.1) is 0 Å². The lowest BCUT2D eigenvalue weighted by Crippen LogP contribution is -2.36. The maximum atomic E-state index is 12.1. The molecule has 1 amide bonds. The SMILES string of the molecule is O=C(CCN1CCC[C@H](c2ccn[nH]2)C1)Nc1nnc(C2CC2)s1. The van der Waals surface area contributed by atoms with Gasteiger partial charge < -0.3 is 10.2 Å². The van der Waals surface area contributed by atoms with E-state index < -0.39 is 0 Å². The number of likely N-dealkylation sites (tertiary alicyclic amines) is 1. The molecule has 0 bridgehead atoms. The standard InChI is InChI=1S/C16H22N6OS/c23-14(18-16-21-20-15(24-16)11-3-4-11)6-9-22-8-1-2-12(10-22)13-5-7-17-19-13/h5,7,11-12H,1-4,6,8-10H2,(H,17,19)(H,18,21,23)/t12-/m0/s1. The number of hydrogen-bond donors (Lipinski definition) is 2. The first-order valence-corrected chi connectivity index (χ1v) is 9.44. The number of amides is 1. The van der Waals surface area contributed by atoms with Crippen LogP contribution in [0.5, 0.6) is 0 Å². The number of aromatic amines is 1. The molecule has 8 heteroatoms. The van der Waals surface area contributed by atoms with E-state index in [0.717, 1.165) is 31.1 Å². The van der Waals surface area contributed by atoms with Gasteiger partial charge in [0.2, 0.25) is 11.0 Å². The van der Waals surface area contributed by atoms with Gasteiger partial charge in [-0.3, -0.25) is 9.89 Å². The Hall–Kier alpha value is -1.80. The predicted octanol–water partition coefficient (Wildman–Crippen LogP) is 2.35. The van der Waals surface area contributed by atoms with E-state index in [1.54, 1.807) is 6.20 Å². The van der Waals surface area contributed by atoms with Gasteiger partial charge in [-0.2, -0.15) is 5.10 Å². The molecule has 7 nitrogen and oxygen atoms in total. The van der Waals surface area contributed by atoms with Gasteiger partial charge in [0.15, 0.2) is 0 Å². The number of H-pyrrole nitrogens is 1. The van der Waals surface area contributed by atoms with Crippen LogP contribution in [-0.2, 0) is 4.79 Å². The second-order valence-electron chi connectivity index (χ2n) is 6.67. The molecule has 0 aromatic carbocycles. The number of anilines is 1. The van der Waals surface area contributed by atoms with Gasteiger partial charge in [0, 0.05) is 43.2 Å². The van der Waals surface area contributed by atoms with Gasteiger partial charge in [0.05, 0.1) is 0 Å². The lowest BCUT2D eigenvalue weighted by atomic mass is 9.95. The summed E-state index contributed by atoms with van der Waals surface area (Å²) in [7, 11) is 0. The van der Waals surface area contributed by atoms with E-state index in [2.05, 4.69) is 30.6 Å². The van der Waals surface area contributed by atoms with Crippen molar-refractivity contribution in [3.8, 4) is 0 Å². The van der Waals surface area contributed by atoms with Crippen molar-refractivity contribution in [3.05, 3.63) is 23.0 Å². The molecule has 1 saturated heterocycles. The molecule has 0 radical (unpaired) electrons. The van der Waals surface area contributed by atoms with Crippen LogP contribution in [-0.4, -0.2) is 50.8 Å². The molecule has 128 valence electrons. The Morgan fingerprint density at radius 1 is 1.33 bits per heavy atom. The normalized spacial score (nSPS) is 21.8. The Kier molecular flexibility index (Phi) is 4.57. The van der Waals surface area contributed by atoms with Crippen LogP contribution in [0.25, 0.3) is 0 Å². The highest BCUT2D eigenvalue weighted by atomic mass is 32.1. The number of piperidine rings is 1. The van der Waals surface area contributed by atoms with E-state index in [0.29, 0.717) is 23.4 Å². The zero-order chi connectivity index (χ0) is 16.4. The van der Waals surface area contributed by atoms with Crippen LogP contribution >= 0.6 is 11.3 Å². The average Bonchev–Trinajstić information content (AvgIpc) is 3.11. The second-order valence-corrected chi connectivity index (χ2v) is 7.68. The molecule has 2 aromatic rings. The number of carbonyl (C=O) groups is 1. The van der Waals surface area contributed by atoms with Crippen LogP contribution in [0.15, 0.2) is 12.3 Å². The number of aromatic nitrogens is 4. The van der Waals surface area contributed by atoms with Crippen molar-refractivity contribution in [2.45, 2.75) is 43.9 Å². The fraction of sp³-hybridized carbons (Fsp3) is 0.625. The summed E-state index contributed by atoms with van der Waals surface area (Å²) in [6.07, 6.45) is 7.05. The third-order valence-electron chi connectivity index (χ3n) is 4.74. The predicted molar refractivity (Wildman–Crippen MR) is 92.1 cm³/mol.